The minimum absolute atomic E-state index is 0.358. The molecule has 0 amide bonds. The Labute approximate surface area is 115 Å². The standard InChI is InChI=1S/C15H26N2O2/c1-3-19-15(9-6-4-5-7-10-15)14(18)12-13-8-11-17(2)16-13/h8,11,14,18H,3-7,9-10,12H2,1-2H3. The number of ether oxygens (including phenoxy) is 1. The fourth-order valence-corrected chi connectivity index (χ4v) is 3.14. The molecule has 4 nitrogen and oxygen atoms in total. The Morgan fingerprint density at radius 3 is 2.58 bits per heavy atom. The van der Waals surface area contributed by atoms with E-state index in [0.29, 0.717) is 13.0 Å². The SMILES string of the molecule is CCOC1(C(O)Cc2ccn(C)n2)CCCCCC1. The summed E-state index contributed by atoms with van der Waals surface area (Å²) in [6, 6.07) is 1.97. The van der Waals surface area contributed by atoms with Gasteiger partial charge >= 0.3 is 0 Å². The fourth-order valence-electron chi connectivity index (χ4n) is 3.14. The molecule has 1 unspecified atom stereocenters. The van der Waals surface area contributed by atoms with E-state index in [1.165, 1.54) is 12.8 Å². The highest BCUT2D eigenvalue weighted by Crippen LogP contribution is 2.34. The molecule has 2 rings (SSSR count). The van der Waals surface area contributed by atoms with Crippen molar-refractivity contribution in [1.82, 2.24) is 9.78 Å². The van der Waals surface area contributed by atoms with Crippen LogP contribution >= 0.6 is 0 Å². The number of aryl methyl sites for hydroxylation is 1. The van der Waals surface area contributed by atoms with Crippen LogP contribution in [0.2, 0.25) is 0 Å². The summed E-state index contributed by atoms with van der Waals surface area (Å²) in [4.78, 5) is 0. The van der Waals surface area contributed by atoms with Crippen molar-refractivity contribution < 1.29 is 9.84 Å². The summed E-state index contributed by atoms with van der Waals surface area (Å²) in [5, 5.41) is 15.0. The number of hydrogen-bond acceptors (Lipinski definition) is 3. The molecule has 0 radical (unpaired) electrons. The highest BCUT2D eigenvalue weighted by atomic mass is 16.5. The van der Waals surface area contributed by atoms with E-state index >= 15 is 0 Å². The van der Waals surface area contributed by atoms with E-state index in [9.17, 15) is 5.11 Å². The molecule has 0 aliphatic heterocycles. The predicted octanol–water partition coefficient (Wildman–Crippen LogP) is 2.45. The van der Waals surface area contributed by atoms with E-state index in [-0.39, 0.29) is 5.60 Å². The van der Waals surface area contributed by atoms with Gasteiger partial charge in [0, 0.05) is 26.3 Å². The monoisotopic (exact) mass is 266 g/mol. The molecule has 1 fully saturated rings. The van der Waals surface area contributed by atoms with E-state index in [0.717, 1.165) is 31.4 Å². The maximum atomic E-state index is 10.7. The average molecular weight is 266 g/mol. The van der Waals surface area contributed by atoms with Crippen molar-refractivity contribution in [2.24, 2.45) is 7.05 Å². The average Bonchev–Trinajstić information content (AvgIpc) is 2.65. The van der Waals surface area contributed by atoms with Crippen LogP contribution in [0.4, 0.5) is 0 Å². The Morgan fingerprint density at radius 2 is 2.05 bits per heavy atom. The lowest BCUT2D eigenvalue weighted by molar-refractivity contribution is -0.128. The second-order valence-electron chi connectivity index (χ2n) is 5.61. The Hall–Kier alpha value is -0.870. The summed E-state index contributed by atoms with van der Waals surface area (Å²) in [7, 11) is 1.90. The quantitative estimate of drug-likeness (QED) is 0.833. The second-order valence-corrected chi connectivity index (χ2v) is 5.61. The number of aromatic nitrogens is 2. The van der Waals surface area contributed by atoms with E-state index in [1.807, 2.05) is 26.2 Å². The molecule has 1 saturated carbocycles. The molecule has 0 spiro atoms. The lowest BCUT2D eigenvalue weighted by atomic mass is 9.85. The van der Waals surface area contributed by atoms with Gasteiger partial charge < -0.3 is 9.84 Å². The third-order valence-corrected chi connectivity index (χ3v) is 4.16. The molecule has 1 atom stereocenters. The molecule has 0 bridgehead atoms. The summed E-state index contributed by atoms with van der Waals surface area (Å²) in [5.41, 5.74) is 0.585. The number of nitrogens with zero attached hydrogens (tertiary/aromatic N) is 2. The van der Waals surface area contributed by atoms with E-state index < -0.39 is 6.10 Å². The topological polar surface area (TPSA) is 47.3 Å². The molecule has 1 aromatic rings. The van der Waals surface area contributed by atoms with Crippen molar-refractivity contribution in [3.63, 3.8) is 0 Å². The van der Waals surface area contributed by atoms with Gasteiger partial charge in [-0.2, -0.15) is 5.10 Å². The van der Waals surface area contributed by atoms with Crippen molar-refractivity contribution in [3.05, 3.63) is 18.0 Å². The summed E-state index contributed by atoms with van der Waals surface area (Å²) in [6.45, 7) is 2.68. The van der Waals surface area contributed by atoms with Crippen molar-refractivity contribution in [2.75, 3.05) is 6.61 Å². The van der Waals surface area contributed by atoms with Crippen LogP contribution in [0, 0.1) is 0 Å². The van der Waals surface area contributed by atoms with Gasteiger partial charge in [-0.3, -0.25) is 4.68 Å². The first-order valence-corrected chi connectivity index (χ1v) is 7.47. The molecule has 108 valence electrons. The van der Waals surface area contributed by atoms with E-state index in [4.69, 9.17) is 4.74 Å². The molecular weight excluding hydrogens is 240 g/mol. The molecule has 1 aliphatic carbocycles. The zero-order valence-electron chi connectivity index (χ0n) is 12.1. The first kappa shape index (κ1) is 14.5. The minimum atomic E-state index is -0.458. The van der Waals surface area contributed by atoms with Crippen molar-refractivity contribution in [2.45, 2.75) is 63.6 Å². The van der Waals surface area contributed by atoms with Crippen molar-refractivity contribution in [3.8, 4) is 0 Å². The maximum Gasteiger partial charge on any atom is 0.0943 e. The maximum absolute atomic E-state index is 10.7. The number of hydrogen-bond donors (Lipinski definition) is 1. The van der Waals surface area contributed by atoms with Gasteiger partial charge in [-0.1, -0.05) is 25.7 Å². The van der Waals surface area contributed by atoms with Gasteiger partial charge in [0.25, 0.3) is 0 Å². The number of aliphatic hydroxyl groups is 1. The van der Waals surface area contributed by atoms with Crippen LogP contribution in [-0.4, -0.2) is 33.2 Å². The molecule has 0 aromatic carbocycles. The Balaban J connectivity index is 2.08. The van der Waals surface area contributed by atoms with Gasteiger partial charge in [0.05, 0.1) is 17.4 Å². The fraction of sp³-hybridized carbons (Fsp3) is 0.800. The van der Waals surface area contributed by atoms with E-state index in [1.54, 1.807) is 4.68 Å². The van der Waals surface area contributed by atoms with Crippen LogP contribution in [0.5, 0.6) is 0 Å². The molecular formula is C15H26N2O2. The Morgan fingerprint density at radius 1 is 1.37 bits per heavy atom. The molecule has 1 aliphatic rings. The number of rotatable bonds is 5. The van der Waals surface area contributed by atoms with Gasteiger partial charge in [0.1, 0.15) is 0 Å². The highest BCUT2D eigenvalue weighted by molar-refractivity contribution is 5.04. The lowest BCUT2D eigenvalue weighted by Crippen LogP contribution is -2.46. The van der Waals surface area contributed by atoms with Crippen LogP contribution in [0.3, 0.4) is 0 Å². The number of aliphatic hydroxyl groups excluding tert-OH is 1. The van der Waals surface area contributed by atoms with Crippen LogP contribution < -0.4 is 0 Å². The zero-order valence-corrected chi connectivity index (χ0v) is 12.1. The normalized spacial score (nSPS) is 21.0. The molecule has 1 N–H and O–H groups in total. The smallest absolute Gasteiger partial charge is 0.0943 e. The zero-order chi connectivity index (χ0) is 13.7. The minimum Gasteiger partial charge on any atom is -0.390 e. The van der Waals surface area contributed by atoms with Crippen LogP contribution in [-0.2, 0) is 18.2 Å². The molecule has 1 aromatic heterocycles. The molecule has 1 heterocycles. The van der Waals surface area contributed by atoms with Gasteiger partial charge in [-0.25, -0.2) is 0 Å². The summed E-state index contributed by atoms with van der Waals surface area (Å²) < 4.78 is 7.79. The van der Waals surface area contributed by atoms with Crippen LogP contribution in [0.25, 0.3) is 0 Å². The molecule has 0 saturated heterocycles. The van der Waals surface area contributed by atoms with Crippen molar-refractivity contribution >= 4 is 0 Å². The summed E-state index contributed by atoms with van der Waals surface area (Å²) >= 11 is 0. The summed E-state index contributed by atoms with van der Waals surface area (Å²) in [6.07, 6.45) is 8.79. The van der Waals surface area contributed by atoms with Crippen LogP contribution in [0.15, 0.2) is 12.3 Å². The summed E-state index contributed by atoms with van der Waals surface area (Å²) in [5.74, 6) is 0. The van der Waals surface area contributed by atoms with Gasteiger partial charge in [0.2, 0.25) is 0 Å². The lowest BCUT2D eigenvalue weighted by Gasteiger charge is -2.37. The Bertz CT molecular complexity index is 381. The third-order valence-electron chi connectivity index (χ3n) is 4.16. The van der Waals surface area contributed by atoms with E-state index in [2.05, 4.69) is 5.10 Å². The van der Waals surface area contributed by atoms with Gasteiger partial charge in [-0.15, -0.1) is 0 Å². The predicted molar refractivity (Wildman–Crippen MR) is 75.0 cm³/mol. The van der Waals surface area contributed by atoms with Gasteiger partial charge in [0.15, 0.2) is 0 Å². The second kappa shape index (κ2) is 6.53. The highest BCUT2D eigenvalue weighted by Gasteiger charge is 2.39. The third kappa shape index (κ3) is 3.57. The van der Waals surface area contributed by atoms with Crippen molar-refractivity contribution in [1.29, 1.82) is 0 Å². The van der Waals surface area contributed by atoms with Crippen LogP contribution in [0.1, 0.15) is 51.1 Å². The molecule has 4 heteroatoms. The first-order valence-electron chi connectivity index (χ1n) is 7.47. The molecule has 19 heavy (non-hydrogen) atoms. The van der Waals surface area contributed by atoms with Gasteiger partial charge in [-0.05, 0) is 25.8 Å². The first-order chi connectivity index (χ1) is 9.16. The largest absolute Gasteiger partial charge is 0.390 e. The Kier molecular flexibility index (Phi) is 4.99.